The molecule has 0 unspecified atom stereocenters. The Morgan fingerprint density at radius 3 is 2.84 bits per heavy atom. The molecule has 0 radical (unpaired) electrons. The number of nitrogens with zero attached hydrogens (tertiary/aromatic N) is 1. The van der Waals surface area contributed by atoms with Crippen molar-refractivity contribution in [3.63, 3.8) is 0 Å². The average Bonchev–Trinajstić information content (AvgIpc) is 2.84. The second-order valence-electron chi connectivity index (χ2n) is 4.91. The van der Waals surface area contributed by atoms with Crippen molar-refractivity contribution >= 4 is 9.84 Å². The van der Waals surface area contributed by atoms with Gasteiger partial charge in [0.25, 0.3) is 0 Å². The summed E-state index contributed by atoms with van der Waals surface area (Å²) in [7, 11) is -2.94. The third kappa shape index (κ3) is 4.06. The Hall–Kier alpha value is -0.850. The molecule has 0 amide bonds. The Morgan fingerprint density at radius 2 is 2.21 bits per heavy atom. The molecule has 0 bridgehead atoms. The van der Waals surface area contributed by atoms with Gasteiger partial charge in [0.2, 0.25) is 0 Å². The summed E-state index contributed by atoms with van der Waals surface area (Å²) in [5, 5.41) is 0. The molecule has 2 rings (SSSR count). The highest BCUT2D eigenvalue weighted by Crippen LogP contribution is 2.26. The summed E-state index contributed by atoms with van der Waals surface area (Å²) < 4.78 is 33.8. The predicted octanol–water partition coefficient (Wildman–Crippen LogP) is 1.26. The number of hydrogen-bond acceptors (Lipinski definition) is 5. The Bertz CT molecular complexity index is 508. The molecule has 0 aromatic carbocycles. The van der Waals surface area contributed by atoms with Gasteiger partial charge in [-0.1, -0.05) is 6.92 Å². The normalized spacial score (nSPS) is 21.7. The van der Waals surface area contributed by atoms with E-state index >= 15 is 0 Å². The fraction of sp³-hybridized carbons (Fsp3) is 0.692. The molecule has 1 aliphatic rings. The Balaban J connectivity index is 2.07. The molecule has 1 atom stereocenters. The molecule has 1 fully saturated rings. The SMILES string of the molecule is CCc1ccc([C@@H]2COCCN2CCS(C)(=O)=O)o1. The largest absolute Gasteiger partial charge is 0.464 e. The van der Waals surface area contributed by atoms with Gasteiger partial charge in [0.05, 0.1) is 25.0 Å². The van der Waals surface area contributed by atoms with E-state index in [1.165, 1.54) is 6.26 Å². The number of hydrogen-bond donors (Lipinski definition) is 0. The summed E-state index contributed by atoms with van der Waals surface area (Å²) in [6.45, 7) is 4.50. The first-order valence-corrected chi connectivity index (χ1v) is 8.64. The van der Waals surface area contributed by atoms with E-state index in [-0.39, 0.29) is 11.8 Å². The van der Waals surface area contributed by atoms with Crippen LogP contribution in [0.4, 0.5) is 0 Å². The van der Waals surface area contributed by atoms with E-state index < -0.39 is 9.84 Å². The molecule has 108 valence electrons. The maximum Gasteiger partial charge on any atom is 0.148 e. The van der Waals surface area contributed by atoms with Crippen LogP contribution >= 0.6 is 0 Å². The van der Waals surface area contributed by atoms with Crippen LogP contribution in [0.2, 0.25) is 0 Å². The minimum absolute atomic E-state index is 0.0239. The molecule has 0 spiro atoms. The van der Waals surface area contributed by atoms with Gasteiger partial charge in [-0.05, 0) is 12.1 Å². The van der Waals surface area contributed by atoms with Crippen LogP contribution in [0.5, 0.6) is 0 Å². The van der Waals surface area contributed by atoms with E-state index in [4.69, 9.17) is 9.15 Å². The topological polar surface area (TPSA) is 59.8 Å². The Morgan fingerprint density at radius 1 is 1.42 bits per heavy atom. The first kappa shape index (κ1) is 14.6. The molecule has 5 nitrogen and oxygen atoms in total. The van der Waals surface area contributed by atoms with Crippen LogP contribution in [0.15, 0.2) is 16.5 Å². The van der Waals surface area contributed by atoms with E-state index in [9.17, 15) is 8.42 Å². The predicted molar refractivity (Wildman–Crippen MR) is 72.9 cm³/mol. The first-order valence-electron chi connectivity index (χ1n) is 6.57. The molecule has 0 aliphatic carbocycles. The van der Waals surface area contributed by atoms with Gasteiger partial charge in [-0.2, -0.15) is 0 Å². The first-order chi connectivity index (χ1) is 8.99. The quantitative estimate of drug-likeness (QED) is 0.816. The van der Waals surface area contributed by atoms with Crippen molar-refractivity contribution in [2.24, 2.45) is 0 Å². The van der Waals surface area contributed by atoms with Crippen LogP contribution in [0.1, 0.15) is 24.5 Å². The maximum absolute atomic E-state index is 11.3. The molecule has 1 aromatic heterocycles. The standard InChI is InChI=1S/C13H21NO4S/c1-3-11-4-5-13(18-11)12-10-17-8-6-14(12)7-9-19(2,15)16/h4-5,12H,3,6-10H2,1-2H3/t12-/m0/s1. The fourth-order valence-corrected chi connectivity index (χ4v) is 2.78. The van der Waals surface area contributed by atoms with Gasteiger partial charge in [0, 0.05) is 25.8 Å². The minimum atomic E-state index is -2.94. The summed E-state index contributed by atoms with van der Waals surface area (Å²) in [6, 6.07) is 3.96. The summed E-state index contributed by atoms with van der Waals surface area (Å²) in [4.78, 5) is 2.13. The smallest absolute Gasteiger partial charge is 0.148 e. The minimum Gasteiger partial charge on any atom is -0.464 e. The Kier molecular flexibility index (Phi) is 4.65. The van der Waals surface area contributed by atoms with Gasteiger partial charge < -0.3 is 9.15 Å². The zero-order valence-electron chi connectivity index (χ0n) is 11.5. The van der Waals surface area contributed by atoms with Crippen LogP contribution in [0.3, 0.4) is 0 Å². The average molecular weight is 287 g/mol. The van der Waals surface area contributed by atoms with Gasteiger partial charge in [0.1, 0.15) is 21.4 Å². The van der Waals surface area contributed by atoms with Crippen molar-refractivity contribution in [2.75, 3.05) is 38.3 Å². The van der Waals surface area contributed by atoms with Gasteiger partial charge >= 0.3 is 0 Å². The molecular weight excluding hydrogens is 266 g/mol. The number of morpholine rings is 1. The number of furan rings is 1. The second-order valence-corrected chi connectivity index (χ2v) is 7.17. The molecule has 0 saturated carbocycles. The number of rotatable bonds is 5. The highest BCUT2D eigenvalue weighted by Gasteiger charge is 2.27. The lowest BCUT2D eigenvalue weighted by Crippen LogP contribution is -2.41. The van der Waals surface area contributed by atoms with Crippen LogP contribution < -0.4 is 0 Å². The van der Waals surface area contributed by atoms with Crippen LogP contribution in [-0.4, -0.2) is 51.6 Å². The van der Waals surface area contributed by atoms with E-state index in [0.717, 1.165) is 24.5 Å². The lowest BCUT2D eigenvalue weighted by Gasteiger charge is -2.34. The Labute approximate surface area is 114 Å². The lowest BCUT2D eigenvalue weighted by atomic mass is 10.2. The van der Waals surface area contributed by atoms with E-state index in [1.807, 2.05) is 19.1 Å². The molecule has 2 heterocycles. The summed E-state index contributed by atoms with van der Waals surface area (Å²) in [5.74, 6) is 1.99. The highest BCUT2D eigenvalue weighted by atomic mass is 32.2. The molecule has 1 aliphatic heterocycles. The third-order valence-corrected chi connectivity index (χ3v) is 4.27. The molecule has 1 saturated heterocycles. The summed E-state index contributed by atoms with van der Waals surface area (Å²) >= 11 is 0. The lowest BCUT2D eigenvalue weighted by molar-refractivity contribution is -0.0133. The van der Waals surface area contributed by atoms with E-state index in [2.05, 4.69) is 4.90 Å². The van der Waals surface area contributed by atoms with Crippen molar-refractivity contribution in [1.82, 2.24) is 4.90 Å². The monoisotopic (exact) mass is 287 g/mol. The van der Waals surface area contributed by atoms with Crippen molar-refractivity contribution in [3.05, 3.63) is 23.7 Å². The van der Waals surface area contributed by atoms with E-state index in [1.54, 1.807) is 0 Å². The van der Waals surface area contributed by atoms with Crippen LogP contribution in [-0.2, 0) is 21.0 Å². The van der Waals surface area contributed by atoms with Crippen molar-refractivity contribution in [1.29, 1.82) is 0 Å². The fourth-order valence-electron chi connectivity index (χ4n) is 2.21. The molecule has 0 N–H and O–H groups in total. The van der Waals surface area contributed by atoms with Crippen LogP contribution in [0.25, 0.3) is 0 Å². The molecule has 6 heteroatoms. The summed E-state index contributed by atoms with van der Waals surface area (Å²) in [6.07, 6.45) is 2.13. The van der Waals surface area contributed by atoms with Crippen LogP contribution in [0, 0.1) is 0 Å². The zero-order chi connectivity index (χ0) is 13.9. The van der Waals surface area contributed by atoms with Gasteiger partial charge in [-0.3, -0.25) is 4.90 Å². The van der Waals surface area contributed by atoms with E-state index in [0.29, 0.717) is 19.8 Å². The molecular formula is C13H21NO4S. The number of aryl methyl sites for hydroxylation is 1. The highest BCUT2D eigenvalue weighted by molar-refractivity contribution is 7.90. The van der Waals surface area contributed by atoms with Crippen molar-refractivity contribution in [2.45, 2.75) is 19.4 Å². The molecule has 19 heavy (non-hydrogen) atoms. The maximum atomic E-state index is 11.3. The third-order valence-electron chi connectivity index (χ3n) is 3.35. The van der Waals surface area contributed by atoms with Gasteiger partial charge in [-0.25, -0.2) is 8.42 Å². The van der Waals surface area contributed by atoms with Crippen molar-refractivity contribution in [3.8, 4) is 0 Å². The van der Waals surface area contributed by atoms with Gasteiger partial charge in [-0.15, -0.1) is 0 Å². The van der Waals surface area contributed by atoms with Gasteiger partial charge in [0.15, 0.2) is 0 Å². The summed E-state index contributed by atoms with van der Waals surface area (Å²) in [5.41, 5.74) is 0. The zero-order valence-corrected chi connectivity index (χ0v) is 12.3. The number of sulfone groups is 1. The van der Waals surface area contributed by atoms with Crippen molar-refractivity contribution < 1.29 is 17.6 Å². The molecule has 1 aromatic rings. The second kappa shape index (κ2) is 6.07. The number of ether oxygens (including phenoxy) is 1.